The van der Waals surface area contributed by atoms with Gasteiger partial charge in [-0.3, -0.25) is 0 Å². The molecule has 96 valence electrons. The van der Waals surface area contributed by atoms with Gasteiger partial charge < -0.3 is 4.90 Å². The zero-order valence-corrected chi connectivity index (χ0v) is 11.3. The zero-order valence-electron chi connectivity index (χ0n) is 11.3. The van der Waals surface area contributed by atoms with Crippen molar-refractivity contribution in [3.8, 4) is 0 Å². The smallest absolute Gasteiger partial charge is 0.0404 e. The minimum atomic E-state index is 0.000787. The fraction of sp³-hybridized carbons (Fsp3) is 0.571. The van der Waals surface area contributed by atoms with Crippen LogP contribution < -0.4 is 4.90 Å². The van der Waals surface area contributed by atoms with E-state index in [0.29, 0.717) is 12.5 Å². The van der Waals surface area contributed by atoms with Crippen molar-refractivity contribution in [1.82, 2.24) is 0 Å². The SMILES string of the molecule is CC(CN=[N+]=[N-])C(C)(C)N1CCc2ccccc21. The highest BCUT2D eigenvalue weighted by atomic mass is 15.2. The molecule has 4 heteroatoms. The summed E-state index contributed by atoms with van der Waals surface area (Å²) in [5, 5.41) is 3.72. The van der Waals surface area contributed by atoms with Crippen LogP contribution in [0.3, 0.4) is 0 Å². The molecule has 0 N–H and O–H groups in total. The lowest BCUT2D eigenvalue weighted by atomic mass is 9.87. The number of nitrogens with zero attached hydrogens (tertiary/aromatic N) is 4. The maximum Gasteiger partial charge on any atom is 0.0404 e. The topological polar surface area (TPSA) is 52.0 Å². The van der Waals surface area contributed by atoms with Crippen LogP contribution >= 0.6 is 0 Å². The first-order chi connectivity index (χ1) is 8.57. The van der Waals surface area contributed by atoms with Gasteiger partial charge in [-0.05, 0) is 43.3 Å². The van der Waals surface area contributed by atoms with Crippen LogP contribution in [0, 0.1) is 5.92 Å². The number of anilines is 1. The molecule has 1 unspecified atom stereocenters. The Bertz CT molecular complexity index is 474. The molecule has 0 aliphatic carbocycles. The van der Waals surface area contributed by atoms with Crippen LogP contribution in [0.5, 0.6) is 0 Å². The van der Waals surface area contributed by atoms with Gasteiger partial charge in [-0.25, -0.2) is 0 Å². The van der Waals surface area contributed by atoms with Crippen molar-refractivity contribution in [3.63, 3.8) is 0 Å². The third-order valence-corrected chi connectivity index (χ3v) is 4.21. The number of benzene rings is 1. The molecule has 1 aliphatic heterocycles. The molecule has 0 bridgehead atoms. The molecule has 2 rings (SSSR count). The molecular formula is C14H20N4. The normalized spacial score (nSPS) is 16.1. The predicted octanol–water partition coefficient (Wildman–Crippen LogP) is 3.77. The van der Waals surface area contributed by atoms with Crippen molar-refractivity contribution >= 4 is 5.69 Å². The Labute approximate surface area is 108 Å². The fourth-order valence-electron chi connectivity index (χ4n) is 2.59. The van der Waals surface area contributed by atoms with Gasteiger partial charge in [-0.1, -0.05) is 30.2 Å². The van der Waals surface area contributed by atoms with Crippen molar-refractivity contribution in [3.05, 3.63) is 40.3 Å². The van der Waals surface area contributed by atoms with Crippen LogP contribution in [0.15, 0.2) is 29.4 Å². The summed E-state index contributed by atoms with van der Waals surface area (Å²) in [7, 11) is 0. The van der Waals surface area contributed by atoms with Crippen molar-refractivity contribution < 1.29 is 0 Å². The molecule has 1 aromatic rings. The van der Waals surface area contributed by atoms with E-state index in [9.17, 15) is 0 Å². The molecule has 0 saturated heterocycles. The molecule has 0 amide bonds. The summed E-state index contributed by atoms with van der Waals surface area (Å²) in [5.41, 5.74) is 11.2. The van der Waals surface area contributed by atoms with Crippen LogP contribution in [-0.4, -0.2) is 18.6 Å². The molecule has 0 radical (unpaired) electrons. The van der Waals surface area contributed by atoms with E-state index in [1.165, 1.54) is 11.3 Å². The minimum Gasteiger partial charge on any atom is -0.366 e. The van der Waals surface area contributed by atoms with Crippen LogP contribution in [0.2, 0.25) is 0 Å². The first-order valence-corrected chi connectivity index (χ1v) is 6.43. The summed E-state index contributed by atoms with van der Waals surface area (Å²) in [4.78, 5) is 5.31. The molecule has 1 heterocycles. The third-order valence-electron chi connectivity index (χ3n) is 4.21. The van der Waals surface area contributed by atoms with Crippen molar-refractivity contribution in [2.45, 2.75) is 32.7 Å². The van der Waals surface area contributed by atoms with E-state index in [0.717, 1.165) is 13.0 Å². The van der Waals surface area contributed by atoms with E-state index < -0.39 is 0 Å². The fourth-order valence-corrected chi connectivity index (χ4v) is 2.59. The Morgan fingerprint density at radius 2 is 2.17 bits per heavy atom. The van der Waals surface area contributed by atoms with E-state index >= 15 is 0 Å². The van der Waals surface area contributed by atoms with Crippen LogP contribution in [0.1, 0.15) is 26.3 Å². The number of rotatable bonds is 4. The van der Waals surface area contributed by atoms with Gasteiger partial charge in [-0.15, -0.1) is 0 Å². The Hall–Kier alpha value is -1.67. The quantitative estimate of drug-likeness (QED) is 0.452. The van der Waals surface area contributed by atoms with Gasteiger partial charge in [0, 0.05) is 29.2 Å². The van der Waals surface area contributed by atoms with Gasteiger partial charge in [0.25, 0.3) is 0 Å². The zero-order chi connectivity index (χ0) is 13.2. The monoisotopic (exact) mass is 244 g/mol. The average molecular weight is 244 g/mol. The molecule has 4 nitrogen and oxygen atoms in total. The number of hydrogen-bond acceptors (Lipinski definition) is 2. The van der Waals surface area contributed by atoms with Crippen LogP contribution in [-0.2, 0) is 6.42 Å². The molecule has 0 aromatic heterocycles. The molecule has 1 aliphatic rings. The molecule has 1 atom stereocenters. The Morgan fingerprint density at radius 3 is 2.89 bits per heavy atom. The van der Waals surface area contributed by atoms with E-state index in [2.05, 4.69) is 60.0 Å². The number of para-hydroxylation sites is 1. The van der Waals surface area contributed by atoms with Gasteiger partial charge in [0.2, 0.25) is 0 Å². The van der Waals surface area contributed by atoms with E-state index in [-0.39, 0.29) is 5.54 Å². The molecule has 1 aromatic carbocycles. The van der Waals surface area contributed by atoms with Crippen LogP contribution in [0.25, 0.3) is 10.4 Å². The Balaban J connectivity index is 2.24. The average Bonchev–Trinajstić information content (AvgIpc) is 2.80. The second kappa shape index (κ2) is 4.91. The van der Waals surface area contributed by atoms with E-state index in [1.807, 2.05) is 0 Å². The Kier molecular flexibility index (Phi) is 3.48. The minimum absolute atomic E-state index is 0.000787. The first-order valence-electron chi connectivity index (χ1n) is 6.43. The highest BCUT2D eigenvalue weighted by molar-refractivity contribution is 5.59. The van der Waals surface area contributed by atoms with Gasteiger partial charge in [0.1, 0.15) is 0 Å². The lowest BCUT2D eigenvalue weighted by Gasteiger charge is -2.42. The summed E-state index contributed by atoms with van der Waals surface area (Å²) < 4.78 is 0. The van der Waals surface area contributed by atoms with Gasteiger partial charge in [0.05, 0.1) is 0 Å². The predicted molar refractivity (Wildman–Crippen MR) is 74.7 cm³/mol. The van der Waals surface area contributed by atoms with Gasteiger partial charge in [-0.2, -0.15) is 0 Å². The third kappa shape index (κ3) is 2.16. The largest absolute Gasteiger partial charge is 0.366 e. The number of fused-ring (bicyclic) bond motifs is 1. The maximum atomic E-state index is 8.45. The maximum absolute atomic E-state index is 8.45. The second-order valence-corrected chi connectivity index (χ2v) is 5.50. The molecule has 0 spiro atoms. The first kappa shape index (κ1) is 12.8. The lowest BCUT2D eigenvalue weighted by molar-refractivity contribution is 0.330. The molecule has 0 fully saturated rings. The van der Waals surface area contributed by atoms with Crippen molar-refractivity contribution in [2.24, 2.45) is 11.0 Å². The highest BCUT2D eigenvalue weighted by Gasteiger charge is 2.35. The molecule has 0 saturated carbocycles. The number of azide groups is 1. The summed E-state index contributed by atoms with van der Waals surface area (Å²) in [6, 6.07) is 8.57. The van der Waals surface area contributed by atoms with Crippen LogP contribution in [0.4, 0.5) is 5.69 Å². The summed E-state index contributed by atoms with van der Waals surface area (Å²) >= 11 is 0. The van der Waals surface area contributed by atoms with Gasteiger partial charge >= 0.3 is 0 Å². The molecule has 18 heavy (non-hydrogen) atoms. The van der Waals surface area contributed by atoms with Gasteiger partial charge in [0.15, 0.2) is 0 Å². The number of hydrogen-bond donors (Lipinski definition) is 0. The Morgan fingerprint density at radius 1 is 1.44 bits per heavy atom. The summed E-state index contributed by atoms with van der Waals surface area (Å²) in [6.07, 6.45) is 1.11. The lowest BCUT2D eigenvalue weighted by Crippen LogP contribution is -2.49. The van der Waals surface area contributed by atoms with Crippen molar-refractivity contribution in [2.75, 3.05) is 18.0 Å². The van der Waals surface area contributed by atoms with E-state index in [4.69, 9.17) is 5.53 Å². The summed E-state index contributed by atoms with van der Waals surface area (Å²) in [6.45, 7) is 8.20. The van der Waals surface area contributed by atoms with E-state index in [1.54, 1.807) is 0 Å². The highest BCUT2D eigenvalue weighted by Crippen LogP contribution is 2.36. The molecular weight excluding hydrogens is 224 g/mol. The van der Waals surface area contributed by atoms with Crippen molar-refractivity contribution in [1.29, 1.82) is 0 Å². The second-order valence-electron chi connectivity index (χ2n) is 5.50. The summed E-state index contributed by atoms with van der Waals surface area (Å²) in [5.74, 6) is 0.319. The standard InChI is InChI=1S/C14H20N4/c1-11(10-16-17-15)14(2,3)18-9-8-12-6-4-5-7-13(12)18/h4-7,11H,8-10H2,1-3H3.